The molecule has 2 aromatic heterocycles. The van der Waals surface area contributed by atoms with Crippen molar-refractivity contribution in [3.63, 3.8) is 0 Å². The van der Waals surface area contributed by atoms with Crippen LogP contribution in [0.1, 0.15) is 27.4 Å². The van der Waals surface area contributed by atoms with E-state index in [4.69, 9.17) is 4.42 Å². The van der Waals surface area contributed by atoms with Crippen LogP contribution in [0.25, 0.3) is 11.0 Å². The lowest BCUT2D eigenvalue weighted by atomic mass is 10.2. The number of aryl methyl sites for hydroxylation is 2. The van der Waals surface area contributed by atoms with Crippen LogP contribution in [-0.2, 0) is 10.5 Å². The third-order valence-electron chi connectivity index (χ3n) is 3.31. The minimum Gasteiger partial charge on any atom is -0.463 e. The normalized spacial score (nSPS) is 11.0. The molecule has 0 unspecified atom stereocenters. The minimum absolute atomic E-state index is 0.262. The molecular weight excluding hydrogens is 300 g/mol. The lowest BCUT2D eigenvalue weighted by Gasteiger charge is -1.96. The van der Waals surface area contributed by atoms with Crippen LogP contribution in [0.4, 0.5) is 0 Å². The molecule has 6 heteroatoms. The Hall–Kier alpha value is -2.21. The Labute approximate surface area is 132 Å². The van der Waals surface area contributed by atoms with Gasteiger partial charge in [0.1, 0.15) is 5.76 Å². The third kappa shape index (κ3) is 2.87. The van der Waals surface area contributed by atoms with E-state index in [1.54, 1.807) is 0 Å². The number of ether oxygens (including phenoxy) is 1. The number of carbonyl (C=O) groups excluding carboxylic acids is 1. The summed E-state index contributed by atoms with van der Waals surface area (Å²) in [5, 5.41) is 0.828. The molecule has 0 saturated carbocycles. The van der Waals surface area contributed by atoms with E-state index in [1.165, 1.54) is 24.4 Å². The molecule has 3 rings (SSSR count). The fraction of sp³-hybridized carbons (Fsp3) is 0.250. The fourth-order valence-corrected chi connectivity index (χ4v) is 2.99. The summed E-state index contributed by atoms with van der Waals surface area (Å²) in [7, 11) is 1.34. The van der Waals surface area contributed by atoms with Crippen LogP contribution in [0.15, 0.2) is 33.8 Å². The molecule has 0 saturated heterocycles. The Kier molecular flexibility index (Phi) is 3.94. The molecule has 0 amide bonds. The van der Waals surface area contributed by atoms with Crippen molar-refractivity contribution in [2.75, 3.05) is 7.11 Å². The number of nitrogens with one attached hydrogen (secondary N) is 1. The molecule has 3 aromatic rings. The molecular formula is C16H16N2O3S. The van der Waals surface area contributed by atoms with Crippen molar-refractivity contribution < 1.29 is 13.9 Å². The summed E-state index contributed by atoms with van der Waals surface area (Å²) in [5.41, 5.74) is 3.94. The number of furan rings is 1. The number of nitrogens with zero attached hydrogens (tertiary/aromatic N) is 1. The molecule has 0 fully saturated rings. The smallest absolute Gasteiger partial charge is 0.374 e. The van der Waals surface area contributed by atoms with Crippen molar-refractivity contribution >= 4 is 28.8 Å². The second kappa shape index (κ2) is 5.88. The predicted molar refractivity (Wildman–Crippen MR) is 85.2 cm³/mol. The average Bonchev–Trinajstić information content (AvgIpc) is 3.06. The number of hydrogen-bond donors (Lipinski definition) is 1. The number of hydrogen-bond acceptors (Lipinski definition) is 5. The van der Waals surface area contributed by atoms with Crippen LogP contribution in [0.2, 0.25) is 0 Å². The van der Waals surface area contributed by atoms with Gasteiger partial charge in [-0.15, -0.1) is 0 Å². The zero-order valence-electron chi connectivity index (χ0n) is 12.6. The van der Waals surface area contributed by atoms with Gasteiger partial charge in [-0.1, -0.05) is 17.8 Å². The van der Waals surface area contributed by atoms with E-state index in [2.05, 4.69) is 20.8 Å². The van der Waals surface area contributed by atoms with Gasteiger partial charge in [-0.3, -0.25) is 0 Å². The number of aromatic nitrogens is 2. The van der Waals surface area contributed by atoms with Crippen LogP contribution in [0.3, 0.4) is 0 Å². The first kappa shape index (κ1) is 14.7. The molecule has 0 aliphatic heterocycles. The van der Waals surface area contributed by atoms with Gasteiger partial charge in [0, 0.05) is 5.56 Å². The highest BCUT2D eigenvalue weighted by Crippen LogP contribution is 2.26. The van der Waals surface area contributed by atoms with Crippen LogP contribution >= 0.6 is 11.8 Å². The number of H-pyrrole nitrogens is 1. The molecule has 22 heavy (non-hydrogen) atoms. The minimum atomic E-state index is -0.451. The van der Waals surface area contributed by atoms with E-state index < -0.39 is 5.97 Å². The molecule has 0 atom stereocenters. The Morgan fingerprint density at radius 2 is 2.18 bits per heavy atom. The van der Waals surface area contributed by atoms with Crippen molar-refractivity contribution in [2.24, 2.45) is 0 Å². The summed E-state index contributed by atoms with van der Waals surface area (Å²) >= 11 is 1.53. The van der Waals surface area contributed by atoms with Crippen molar-refractivity contribution in [3.05, 3.63) is 46.9 Å². The second-order valence-electron chi connectivity index (χ2n) is 5.07. The van der Waals surface area contributed by atoms with Crippen LogP contribution in [0, 0.1) is 13.8 Å². The number of rotatable bonds is 4. The number of carbonyl (C=O) groups is 1. The first-order valence-corrected chi connectivity index (χ1v) is 7.82. The van der Waals surface area contributed by atoms with E-state index in [9.17, 15) is 4.79 Å². The van der Waals surface area contributed by atoms with Gasteiger partial charge in [0.15, 0.2) is 5.16 Å². The van der Waals surface area contributed by atoms with Gasteiger partial charge < -0.3 is 14.1 Å². The number of imidazole rings is 1. The monoisotopic (exact) mass is 316 g/mol. The van der Waals surface area contributed by atoms with Crippen molar-refractivity contribution in [3.8, 4) is 0 Å². The number of fused-ring (bicyclic) bond motifs is 1. The SMILES string of the molecule is COC(=O)c1oc(CSc2nc3ccc(C)cc3[nH]2)cc1C. The van der Waals surface area contributed by atoms with Crippen molar-refractivity contribution in [2.45, 2.75) is 24.8 Å². The van der Waals surface area contributed by atoms with E-state index in [0.29, 0.717) is 5.75 Å². The number of thioether (sulfide) groups is 1. The Bertz CT molecular complexity index is 835. The first-order chi connectivity index (χ1) is 10.6. The summed E-state index contributed by atoms with van der Waals surface area (Å²) < 4.78 is 10.2. The number of aromatic amines is 1. The van der Waals surface area contributed by atoms with Crippen LogP contribution in [0.5, 0.6) is 0 Å². The maximum absolute atomic E-state index is 11.5. The zero-order chi connectivity index (χ0) is 15.7. The molecule has 114 valence electrons. The standard InChI is InChI=1S/C16H16N2O3S/c1-9-4-5-12-13(6-9)18-16(17-12)22-8-11-7-10(2)14(21-11)15(19)20-3/h4-7H,8H2,1-3H3,(H,17,18). The van der Waals surface area contributed by atoms with E-state index in [1.807, 2.05) is 32.0 Å². The molecule has 1 aromatic carbocycles. The maximum atomic E-state index is 11.5. The van der Waals surface area contributed by atoms with Gasteiger partial charge >= 0.3 is 5.97 Å². The third-order valence-corrected chi connectivity index (χ3v) is 4.20. The predicted octanol–water partition coefficient (Wildman–Crippen LogP) is 3.85. The molecule has 0 bridgehead atoms. The average molecular weight is 316 g/mol. The quantitative estimate of drug-likeness (QED) is 0.585. The topological polar surface area (TPSA) is 68.1 Å². The van der Waals surface area contributed by atoms with Gasteiger partial charge in [-0.05, 0) is 37.6 Å². The largest absolute Gasteiger partial charge is 0.463 e. The molecule has 0 radical (unpaired) electrons. The van der Waals surface area contributed by atoms with Crippen molar-refractivity contribution in [1.29, 1.82) is 0 Å². The van der Waals surface area contributed by atoms with E-state index >= 15 is 0 Å². The summed E-state index contributed by atoms with van der Waals surface area (Å²) in [6, 6.07) is 7.96. The Balaban J connectivity index is 1.75. The second-order valence-corrected chi connectivity index (χ2v) is 6.03. The Morgan fingerprint density at radius 3 is 2.95 bits per heavy atom. The first-order valence-electron chi connectivity index (χ1n) is 6.83. The van der Waals surface area contributed by atoms with Gasteiger partial charge in [-0.2, -0.15) is 0 Å². The molecule has 0 aliphatic carbocycles. The number of benzene rings is 1. The van der Waals surface area contributed by atoms with Gasteiger partial charge in [-0.25, -0.2) is 9.78 Å². The summed E-state index contributed by atoms with van der Waals surface area (Å²) in [6.45, 7) is 3.88. The van der Waals surface area contributed by atoms with Gasteiger partial charge in [0.05, 0.1) is 23.9 Å². The maximum Gasteiger partial charge on any atom is 0.374 e. The van der Waals surface area contributed by atoms with Crippen molar-refractivity contribution in [1.82, 2.24) is 9.97 Å². The molecule has 2 heterocycles. The fourth-order valence-electron chi connectivity index (χ4n) is 2.22. The highest BCUT2D eigenvalue weighted by Gasteiger charge is 2.16. The highest BCUT2D eigenvalue weighted by atomic mass is 32.2. The lowest BCUT2D eigenvalue weighted by molar-refractivity contribution is 0.0562. The summed E-state index contributed by atoms with van der Waals surface area (Å²) in [6.07, 6.45) is 0. The van der Waals surface area contributed by atoms with E-state index in [-0.39, 0.29) is 5.76 Å². The lowest BCUT2D eigenvalue weighted by Crippen LogP contribution is -2.00. The molecule has 0 aliphatic rings. The number of methoxy groups -OCH3 is 1. The number of esters is 1. The van der Waals surface area contributed by atoms with Gasteiger partial charge in [0.25, 0.3) is 0 Å². The highest BCUT2D eigenvalue weighted by molar-refractivity contribution is 7.98. The van der Waals surface area contributed by atoms with Crippen LogP contribution < -0.4 is 0 Å². The van der Waals surface area contributed by atoms with Gasteiger partial charge in [0.2, 0.25) is 5.76 Å². The Morgan fingerprint density at radius 1 is 1.36 bits per heavy atom. The molecule has 0 spiro atoms. The molecule has 5 nitrogen and oxygen atoms in total. The summed E-state index contributed by atoms with van der Waals surface area (Å²) in [4.78, 5) is 19.3. The molecule has 1 N–H and O–H groups in total. The van der Waals surface area contributed by atoms with Crippen LogP contribution in [-0.4, -0.2) is 23.0 Å². The summed E-state index contributed by atoms with van der Waals surface area (Å²) in [5.74, 6) is 1.13. The van der Waals surface area contributed by atoms with E-state index in [0.717, 1.165) is 27.5 Å². The zero-order valence-corrected chi connectivity index (χ0v) is 13.4.